The zero-order valence-corrected chi connectivity index (χ0v) is 13.3. The average Bonchev–Trinajstić information content (AvgIpc) is 2.55. The van der Waals surface area contributed by atoms with Crippen LogP contribution in [0.1, 0.15) is 29.7 Å². The van der Waals surface area contributed by atoms with Crippen LogP contribution in [0.5, 0.6) is 0 Å². The largest absolute Gasteiger partial charge is 0.355 e. The van der Waals surface area contributed by atoms with Gasteiger partial charge in [-0.15, -0.1) is 0 Å². The summed E-state index contributed by atoms with van der Waals surface area (Å²) in [5.41, 5.74) is 3.75. The van der Waals surface area contributed by atoms with Gasteiger partial charge in [-0.2, -0.15) is 0 Å². The molecule has 3 heteroatoms. The molecule has 0 aliphatic carbocycles. The molecule has 0 saturated carbocycles. The van der Waals surface area contributed by atoms with Gasteiger partial charge >= 0.3 is 0 Å². The van der Waals surface area contributed by atoms with E-state index >= 15 is 0 Å². The maximum Gasteiger partial charge on any atom is 0.233 e. The van der Waals surface area contributed by atoms with E-state index in [4.69, 9.17) is 0 Å². The quantitative estimate of drug-likeness (QED) is 0.824. The number of hydrogen-bond donors (Lipinski definition) is 2. The molecular formula is C19H24N2O. The molecule has 2 rings (SSSR count). The first kappa shape index (κ1) is 16.2. The maximum atomic E-state index is 11.9. The lowest BCUT2D eigenvalue weighted by Gasteiger charge is -2.14. The third-order valence-electron chi connectivity index (χ3n) is 3.85. The minimum Gasteiger partial charge on any atom is -0.355 e. The predicted octanol–water partition coefficient (Wildman–Crippen LogP) is 3.00. The van der Waals surface area contributed by atoms with E-state index in [-0.39, 0.29) is 11.9 Å². The van der Waals surface area contributed by atoms with E-state index in [1.807, 2.05) is 30.3 Å². The second kappa shape index (κ2) is 8.35. The number of aryl methyl sites for hydroxylation is 1. The number of rotatable bonds is 7. The van der Waals surface area contributed by atoms with Gasteiger partial charge in [0.2, 0.25) is 5.91 Å². The lowest BCUT2D eigenvalue weighted by Crippen LogP contribution is -2.36. The SMILES string of the molecule is Cc1ccccc1CCNC(=O)CN[C@H](C)c1ccccc1. The Morgan fingerprint density at radius 3 is 2.45 bits per heavy atom. The van der Waals surface area contributed by atoms with Crippen molar-refractivity contribution in [2.45, 2.75) is 26.3 Å². The monoisotopic (exact) mass is 296 g/mol. The number of benzene rings is 2. The molecule has 1 atom stereocenters. The highest BCUT2D eigenvalue weighted by atomic mass is 16.1. The molecule has 0 bridgehead atoms. The summed E-state index contributed by atoms with van der Waals surface area (Å²) >= 11 is 0. The number of nitrogens with one attached hydrogen (secondary N) is 2. The van der Waals surface area contributed by atoms with Gasteiger partial charge in [-0.25, -0.2) is 0 Å². The van der Waals surface area contributed by atoms with Gasteiger partial charge in [0, 0.05) is 12.6 Å². The van der Waals surface area contributed by atoms with E-state index in [0.29, 0.717) is 13.1 Å². The van der Waals surface area contributed by atoms with Gasteiger partial charge in [-0.05, 0) is 37.0 Å². The number of carbonyl (C=O) groups is 1. The molecule has 0 aliphatic heterocycles. The molecule has 22 heavy (non-hydrogen) atoms. The van der Waals surface area contributed by atoms with Crippen LogP contribution in [0.4, 0.5) is 0 Å². The summed E-state index contributed by atoms with van der Waals surface area (Å²) in [5.74, 6) is 0.0383. The first-order chi connectivity index (χ1) is 10.7. The molecule has 0 spiro atoms. The van der Waals surface area contributed by atoms with Crippen molar-refractivity contribution < 1.29 is 4.79 Å². The molecule has 0 aromatic heterocycles. The average molecular weight is 296 g/mol. The fourth-order valence-corrected chi connectivity index (χ4v) is 2.40. The second-order valence-electron chi connectivity index (χ2n) is 5.54. The number of carbonyl (C=O) groups excluding carboxylic acids is 1. The highest BCUT2D eigenvalue weighted by Crippen LogP contribution is 2.10. The minimum absolute atomic E-state index is 0.0383. The Hall–Kier alpha value is -2.13. The van der Waals surface area contributed by atoms with E-state index in [9.17, 15) is 4.79 Å². The summed E-state index contributed by atoms with van der Waals surface area (Å²) < 4.78 is 0. The summed E-state index contributed by atoms with van der Waals surface area (Å²) in [5, 5.41) is 6.21. The molecule has 0 radical (unpaired) electrons. The van der Waals surface area contributed by atoms with Crippen molar-refractivity contribution in [3.63, 3.8) is 0 Å². The summed E-state index contributed by atoms with van der Waals surface area (Å²) in [4.78, 5) is 11.9. The first-order valence-corrected chi connectivity index (χ1v) is 7.76. The topological polar surface area (TPSA) is 41.1 Å². The summed E-state index contributed by atoms with van der Waals surface area (Å²) in [6.45, 7) is 5.17. The van der Waals surface area contributed by atoms with Crippen LogP contribution < -0.4 is 10.6 Å². The van der Waals surface area contributed by atoms with Crippen molar-refractivity contribution in [3.05, 3.63) is 71.3 Å². The van der Waals surface area contributed by atoms with Crippen molar-refractivity contribution in [3.8, 4) is 0 Å². The van der Waals surface area contributed by atoms with E-state index in [2.05, 4.69) is 48.7 Å². The van der Waals surface area contributed by atoms with Crippen molar-refractivity contribution in [2.75, 3.05) is 13.1 Å². The Kier molecular flexibility index (Phi) is 6.16. The molecule has 2 aromatic carbocycles. The van der Waals surface area contributed by atoms with Gasteiger partial charge in [0.1, 0.15) is 0 Å². The lowest BCUT2D eigenvalue weighted by molar-refractivity contribution is -0.120. The Morgan fingerprint density at radius 1 is 1.05 bits per heavy atom. The minimum atomic E-state index is 0.0383. The van der Waals surface area contributed by atoms with Crippen LogP contribution in [0, 0.1) is 6.92 Å². The van der Waals surface area contributed by atoms with Gasteiger partial charge in [0.05, 0.1) is 6.54 Å². The summed E-state index contributed by atoms with van der Waals surface area (Å²) in [6, 6.07) is 18.6. The van der Waals surface area contributed by atoms with E-state index < -0.39 is 0 Å². The number of hydrogen-bond acceptors (Lipinski definition) is 2. The van der Waals surface area contributed by atoms with Crippen molar-refractivity contribution in [2.24, 2.45) is 0 Å². The predicted molar refractivity (Wildman–Crippen MR) is 90.8 cm³/mol. The smallest absolute Gasteiger partial charge is 0.233 e. The van der Waals surface area contributed by atoms with Gasteiger partial charge in [-0.1, -0.05) is 54.6 Å². The molecule has 0 aliphatic rings. The Bertz CT molecular complexity index is 595. The van der Waals surface area contributed by atoms with Crippen molar-refractivity contribution in [1.29, 1.82) is 0 Å². The van der Waals surface area contributed by atoms with E-state index in [1.165, 1.54) is 16.7 Å². The van der Waals surface area contributed by atoms with Gasteiger partial charge in [-0.3, -0.25) is 4.79 Å². The van der Waals surface area contributed by atoms with Gasteiger partial charge < -0.3 is 10.6 Å². The van der Waals surface area contributed by atoms with Gasteiger partial charge in [0.25, 0.3) is 0 Å². The fourth-order valence-electron chi connectivity index (χ4n) is 2.40. The zero-order chi connectivity index (χ0) is 15.8. The standard InChI is InChI=1S/C19H24N2O/c1-15-8-6-7-9-17(15)12-13-20-19(22)14-21-16(2)18-10-4-3-5-11-18/h3-11,16,21H,12-14H2,1-2H3,(H,20,22)/t16-/m1/s1. The summed E-state index contributed by atoms with van der Waals surface area (Å²) in [7, 11) is 0. The van der Waals surface area contributed by atoms with Crippen LogP contribution in [-0.2, 0) is 11.2 Å². The second-order valence-corrected chi connectivity index (χ2v) is 5.54. The maximum absolute atomic E-state index is 11.9. The molecule has 0 fully saturated rings. The highest BCUT2D eigenvalue weighted by molar-refractivity contribution is 5.78. The Labute approximate surface area is 132 Å². The van der Waals surface area contributed by atoms with Crippen LogP contribution in [-0.4, -0.2) is 19.0 Å². The third kappa shape index (κ3) is 5.01. The molecule has 3 nitrogen and oxygen atoms in total. The van der Waals surface area contributed by atoms with Crippen LogP contribution in [0.25, 0.3) is 0 Å². The van der Waals surface area contributed by atoms with E-state index in [0.717, 1.165) is 6.42 Å². The highest BCUT2D eigenvalue weighted by Gasteiger charge is 2.07. The molecule has 0 unspecified atom stereocenters. The third-order valence-corrected chi connectivity index (χ3v) is 3.85. The summed E-state index contributed by atoms with van der Waals surface area (Å²) in [6.07, 6.45) is 0.868. The van der Waals surface area contributed by atoms with E-state index in [1.54, 1.807) is 0 Å². The fraction of sp³-hybridized carbons (Fsp3) is 0.316. The molecular weight excluding hydrogens is 272 g/mol. The van der Waals surface area contributed by atoms with Crippen molar-refractivity contribution in [1.82, 2.24) is 10.6 Å². The Balaban J connectivity index is 1.69. The molecule has 2 N–H and O–H groups in total. The number of amides is 1. The molecule has 0 saturated heterocycles. The van der Waals surface area contributed by atoms with Crippen LogP contribution in [0.2, 0.25) is 0 Å². The normalized spacial score (nSPS) is 11.9. The van der Waals surface area contributed by atoms with Crippen molar-refractivity contribution >= 4 is 5.91 Å². The zero-order valence-electron chi connectivity index (χ0n) is 13.3. The molecule has 1 amide bonds. The Morgan fingerprint density at radius 2 is 1.73 bits per heavy atom. The van der Waals surface area contributed by atoms with Crippen LogP contribution in [0.15, 0.2) is 54.6 Å². The van der Waals surface area contributed by atoms with Gasteiger partial charge in [0.15, 0.2) is 0 Å². The molecule has 2 aromatic rings. The lowest BCUT2D eigenvalue weighted by atomic mass is 10.1. The van der Waals surface area contributed by atoms with Crippen LogP contribution in [0.3, 0.4) is 0 Å². The first-order valence-electron chi connectivity index (χ1n) is 7.76. The molecule has 116 valence electrons. The molecule has 0 heterocycles. The van der Waals surface area contributed by atoms with Crippen LogP contribution >= 0.6 is 0 Å².